The Morgan fingerprint density at radius 2 is 1.59 bits per heavy atom. The topological polar surface area (TPSA) is 16.2 Å². The quantitative estimate of drug-likeness (QED) is 0.390. The van der Waals surface area contributed by atoms with E-state index < -0.39 is 0 Å². The lowest BCUT2D eigenvalue weighted by Crippen LogP contribution is -2.30. The van der Waals surface area contributed by atoms with E-state index in [1.165, 1.54) is 11.1 Å². The van der Waals surface area contributed by atoms with Crippen molar-refractivity contribution >= 4 is 23.1 Å². The maximum absolute atomic E-state index is 4.64. The van der Waals surface area contributed by atoms with Gasteiger partial charge < -0.3 is 0 Å². The minimum Gasteiger partial charge on any atom is -0.195 e. The van der Waals surface area contributed by atoms with E-state index in [9.17, 15) is 0 Å². The molecule has 22 heavy (non-hydrogen) atoms. The molecule has 2 nitrogen and oxygen atoms in total. The first-order valence-corrected chi connectivity index (χ1v) is 7.44. The summed E-state index contributed by atoms with van der Waals surface area (Å²) in [5.41, 5.74) is 5.53. The molecule has 0 bridgehead atoms. The van der Waals surface area contributed by atoms with Crippen molar-refractivity contribution in [3.63, 3.8) is 0 Å². The molecule has 3 aromatic rings. The van der Waals surface area contributed by atoms with Crippen LogP contribution in [0.4, 0.5) is 5.69 Å². The third-order valence-electron chi connectivity index (χ3n) is 3.53. The summed E-state index contributed by atoms with van der Waals surface area (Å²) in [5.74, 6) is 0. The van der Waals surface area contributed by atoms with Gasteiger partial charge in [0.2, 0.25) is 5.69 Å². The number of rotatable bonds is 3. The molecule has 0 saturated heterocycles. The van der Waals surface area contributed by atoms with Crippen LogP contribution >= 0.6 is 12.2 Å². The summed E-state index contributed by atoms with van der Waals surface area (Å²) in [6.07, 6.45) is 4.16. The van der Waals surface area contributed by atoms with Gasteiger partial charge in [-0.15, -0.1) is 0 Å². The molecule has 0 atom stereocenters. The summed E-state index contributed by atoms with van der Waals surface area (Å²) < 4.78 is 2.13. The fraction of sp³-hybridized carbons (Fsp3) is 0.0526. The van der Waals surface area contributed by atoms with Crippen LogP contribution < -0.4 is 4.57 Å². The molecule has 0 aliphatic heterocycles. The third-order valence-corrected chi connectivity index (χ3v) is 3.62. The number of aromatic nitrogens is 1. The number of nitrogens with zero attached hydrogens (tertiary/aromatic N) is 2. The lowest BCUT2D eigenvalue weighted by atomic mass is 10.0. The fourth-order valence-electron chi connectivity index (χ4n) is 2.37. The molecule has 0 amide bonds. The zero-order valence-corrected chi connectivity index (χ0v) is 13.0. The SMILES string of the molecule is Cc1cc[n+](-c2ccccc2-c2ccc(N=C=S)cc2)cc1. The van der Waals surface area contributed by atoms with E-state index in [0.717, 1.165) is 16.9 Å². The van der Waals surface area contributed by atoms with Gasteiger partial charge >= 0.3 is 0 Å². The molecule has 0 aliphatic carbocycles. The van der Waals surface area contributed by atoms with E-state index in [0.29, 0.717) is 0 Å². The molecule has 2 aromatic carbocycles. The predicted octanol–water partition coefficient (Wildman–Crippen LogP) is 4.67. The van der Waals surface area contributed by atoms with E-state index in [-0.39, 0.29) is 0 Å². The summed E-state index contributed by atoms with van der Waals surface area (Å²) in [6, 6.07) is 20.6. The van der Waals surface area contributed by atoms with Crippen LogP contribution in [0.15, 0.2) is 78.0 Å². The summed E-state index contributed by atoms with van der Waals surface area (Å²) in [7, 11) is 0. The van der Waals surface area contributed by atoms with E-state index in [4.69, 9.17) is 0 Å². The van der Waals surface area contributed by atoms with Crippen LogP contribution in [0.3, 0.4) is 0 Å². The molecular formula is C19H15N2S+. The highest BCUT2D eigenvalue weighted by Gasteiger charge is 2.13. The van der Waals surface area contributed by atoms with Crippen molar-refractivity contribution < 1.29 is 4.57 Å². The number of thiocarbonyl (C=S) groups is 1. The standard InChI is InChI=1S/C19H15N2S/c1-15-10-12-21(13-11-15)19-5-3-2-4-18(19)16-6-8-17(9-7-16)20-14-22/h2-13H,1H3/q+1. The Morgan fingerprint density at radius 1 is 0.909 bits per heavy atom. The first-order chi connectivity index (χ1) is 10.8. The number of para-hydroxylation sites is 1. The van der Waals surface area contributed by atoms with Crippen LogP contribution in [-0.4, -0.2) is 5.16 Å². The third kappa shape index (κ3) is 3.01. The zero-order valence-electron chi connectivity index (χ0n) is 12.2. The highest BCUT2D eigenvalue weighted by molar-refractivity contribution is 7.78. The van der Waals surface area contributed by atoms with Crippen molar-refractivity contribution in [1.82, 2.24) is 0 Å². The molecule has 0 aliphatic rings. The Hall–Kier alpha value is -2.61. The van der Waals surface area contributed by atoms with Crippen molar-refractivity contribution in [3.8, 4) is 16.8 Å². The summed E-state index contributed by atoms with van der Waals surface area (Å²) in [5, 5.41) is 2.39. The van der Waals surface area contributed by atoms with Gasteiger partial charge in [0.1, 0.15) is 0 Å². The first-order valence-electron chi connectivity index (χ1n) is 7.03. The molecule has 3 rings (SSSR count). The average Bonchev–Trinajstić information content (AvgIpc) is 2.57. The molecule has 0 radical (unpaired) electrons. The molecule has 1 heterocycles. The van der Waals surface area contributed by atoms with E-state index in [1.807, 2.05) is 12.1 Å². The molecule has 0 N–H and O–H groups in total. The lowest BCUT2D eigenvalue weighted by Gasteiger charge is -2.05. The van der Waals surface area contributed by atoms with Crippen LogP contribution in [0.2, 0.25) is 0 Å². The van der Waals surface area contributed by atoms with Gasteiger partial charge in [0, 0.05) is 18.2 Å². The second-order valence-corrected chi connectivity index (χ2v) is 5.23. The van der Waals surface area contributed by atoms with Crippen LogP contribution in [0.5, 0.6) is 0 Å². The van der Waals surface area contributed by atoms with Gasteiger partial charge in [-0.1, -0.05) is 24.3 Å². The zero-order chi connectivity index (χ0) is 15.4. The maximum Gasteiger partial charge on any atom is 0.218 e. The van der Waals surface area contributed by atoms with Gasteiger partial charge in [0.25, 0.3) is 0 Å². The molecule has 3 heteroatoms. The Morgan fingerprint density at radius 3 is 2.27 bits per heavy atom. The Bertz CT molecular complexity index is 830. The van der Waals surface area contributed by atoms with E-state index in [1.54, 1.807) is 0 Å². The number of pyridine rings is 1. The fourth-order valence-corrected chi connectivity index (χ4v) is 2.48. The second kappa shape index (κ2) is 6.44. The predicted molar refractivity (Wildman–Crippen MR) is 92.8 cm³/mol. The highest BCUT2D eigenvalue weighted by Crippen LogP contribution is 2.25. The van der Waals surface area contributed by atoms with Crippen LogP contribution in [-0.2, 0) is 0 Å². The number of aryl methyl sites for hydroxylation is 1. The smallest absolute Gasteiger partial charge is 0.195 e. The molecule has 0 spiro atoms. The van der Waals surface area contributed by atoms with Gasteiger partial charge in [-0.05, 0) is 48.5 Å². The Labute approximate surface area is 135 Å². The molecule has 0 saturated carbocycles. The molecule has 0 fully saturated rings. The van der Waals surface area contributed by atoms with Gasteiger partial charge in [0.15, 0.2) is 12.4 Å². The van der Waals surface area contributed by atoms with Crippen LogP contribution in [0.1, 0.15) is 5.56 Å². The van der Waals surface area contributed by atoms with Crippen molar-refractivity contribution in [3.05, 3.63) is 78.6 Å². The Kier molecular flexibility index (Phi) is 4.19. The monoisotopic (exact) mass is 303 g/mol. The molecular weight excluding hydrogens is 288 g/mol. The normalized spacial score (nSPS) is 10.0. The second-order valence-electron chi connectivity index (χ2n) is 5.05. The Balaban J connectivity index is 2.07. The first kappa shape index (κ1) is 14.3. The summed E-state index contributed by atoms with van der Waals surface area (Å²) in [4.78, 5) is 3.99. The molecule has 106 valence electrons. The maximum atomic E-state index is 4.64. The largest absolute Gasteiger partial charge is 0.218 e. The highest BCUT2D eigenvalue weighted by atomic mass is 32.1. The van der Waals surface area contributed by atoms with Gasteiger partial charge in [-0.3, -0.25) is 0 Å². The number of hydrogen-bond donors (Lipinski definition) is 0. The lowest BCUT2D eigenvalue weighted by molar-refractivity contribution is -0.595. The van der Waals surface area contributed by atoms with Crippen LogP contribution in [0.25, 0.3) is 16.8 Å². The minimum atomic E-state index is 0.819. The number of isothiocyanates is 1. The van der Waals surface area contributed by atoms with Crippen molar-refractivity contribution in [2.75, 3.05) is 0 Å². The van der Waals surface area contributed by atoms with Crippen molar-refractivity contribution in [2.24, 2.45) is 4.99 Å². The number of benzene rings is 2. The minimum absolute atomic E-state index is 0.819. The summed E-state index contributed by atoms with van der Waals surface area (Å²) in [6.45, 7) is 2.09. The van der Waals surface area contributed by atoms with Gasteiger partial charge in [-0.25, -0.2) is 0 Å². The van der Waals surface area contributed by atoms with E-state index in [2.05, 4.69) is 94.8 Å². The average molecular weight is 303 g/mol. The number of hydrogen-bond acceptors (Lipinski definition) is 2. The van der Waals surface area contributed by atoms with Crippen molar-refractivity contribution in [1.29, 1.82) is 0 Å². The van der Waals surface area contributed by atoms with Crippen LogP contribution in [0, 0.1) is 6.92 Å². The summed E-state index contributed by atoms with van der Waals surface area (Å²) >= 11 is 4.64. The van der Waals surface area contributed by atoms with Gasteiger partial charge in [0.05, 0.1) is 16.4 Å². The van der Waals surface area contributed by atoms with Crippen molar-refractivity contribution in [2.45, 2.75) is 6.92 Å². The van der Waals surface area contributed by atoms with Gasteiger partial charge in [-0.2, -0.15) is 9.56 Å². The number of aliphatic imine (C=N–C) groups is 1. The van der Waals surface area contributed by atoms with E-state index >= 15 is 0 Å². The molecule has 1 aromatic heterocycles. The molecule has 0 unspecified atom stereocenters.